The molecule has 0 bridgehead atoms. The summed E-state index contributed by atoms with van der Waals surface area (Å²) in [5.41, 5.74) is 5.25. The van der Waals surface area contributed by atoms with Crippen LogP contribution in [0.15, 0.2) is 0 Å². The van der Waals surface area contributed by atoms with Gasteiger partial charge in [0.2, 0.25) is 11.8 Å². The summed E-state index contributed by atoms with van der Waals surface area (Å²) in [7, 11) is 0. The summed E-state index contributed by atoms with van der Waals surface area (Å²) in [5.74, 6) is -0.789. The molecule has 1 heterocycles. The van der Waals surface area contributed by atoms with Gasteiger partial charge in [-0.25, -0.2) is 10.0 Å². The van der Waals surface area contributed by atoms with Gasteiger partial charge in [0, 0.05) is 26.2 Å². The molecular weight excluding hydrogens is 421 g/mol. The topological polar surface area (TPSA) is 64.7 Å². The fourth-order valence-electron chi connectivity index (χ4n) is 1.73. The molecule has 0 radical (unpaired) electrons. The number of amides is 2. The van der Waals surface area contributed by atoms with Crippen LogP contribution in [-0.4, -0.2) is 55.6 Å². The third-order valence-electron chi connectivity index (χ3n) is 2.57. The third-order valence-corrected chi connectivity index (χ3v) is 3.37. The first-order chi connectivity index (χ1) is 9.94. The molecule has 6 nitrogen and oxygen atoms in total. The van der Waals surface area contributed by atoms with Crippen LogP contribution in [0.3, 0.4) is 0 Å². The number of nitrogens with zero attached hydrogens (tertiary/aromatic N) is 2. The van der Waals surface area contributed by atoms with Crippen LogP contribution in [0, 0.1) is 0 Å². The van der Waals surface area contributed by atoms with E-state index in [1.165, 1.54) is 0 Å². The SMILES string of the molecule is O=C(CC(Cl)(Cl)Cl)NN1CCN(NC(=O)CC(Cl)(Cl)Cl)CC1. The van der Waals surface area contributed by atoms with Gasteiger partial charge in [-0.1, -0.05) is 69.6 Å². The highest BCUT2D eigenvalue weighted by molar-refractivity contribution is 6.68. The van der Waals surface area contributed by atoms with E-state index in [0.717, 1.165) is 0 Å². The van der Waals surface area contributed by atoms with Crippen LogP contribution in [0.1, 0.15) is 12.8 Å². The van der Waals surface area contributed by atoms with E-state index in [2.05, 4.69) is 10.9 Å². The van der Waals surface area contributed by atoms with Gasteiger partial charge in [-0.2, -0.15) is 0 Å². The highest BCUT2D eigenvalue weighted by atomic mass is 35.6. The van der Waals surface area contributed by atoms with Gasteiger partial charge in [0.05, 0.1) is 12.8 Å². The zero-order valence-corrected chi connectivity index (χ0v) is 15.8. The summed E-state index contributed by atoms with van der Waals surface area (Å²) in [6, 6.07) is 0. The van der Waals surface area contributed by atoms with Gasteiger partial charge in [-0.15, -0.1) is 0 Å². The van der Waals surface area contributed by atoms with Crippen molar-refractivity contribution in [3.63, 3.8) is 0 Å². The minimum absolute atomic E-state index is 0.238. The lowest BCUT2D eigenvalue weighted by Crippen LogP contribution is -2.58. The molecule has 22 heavy (non-hydrogen) atoms. The number of rotatable bonds is 4. The normalized spacial score (nSPS) is 18.1. The van der Waals surface area contributed by atoms with Gasteiger partial charge in [0.15, 0.2) is 7.59 Å². The second-order valence-corrected chi connectivity index (χ2v) is 9.66. The van der Waals surface area contributed by atoms with Crippen molar-refractivity contribution in [3.8, 4) is 0 Å². The molecule has 0 unspecified atom stereocenters. The van der Waals surface area contributed by atoms with Gasteiger partial charge in [-0.05, 0) is 0 Å². The van der Waals surface area contributed by atoms with Crippen molar-refractivity contribution in [2.75, 3.05) is 26.2 Å². The fraction of sp³-hybridized carbons (Fsp3) is 0.800. The molecule has 2 amide bonds. The van der Waals surface area contributed by atoms with Crippen LogP contribution in [-0.2, 0) is 9.59 Å². The number of carbonyl (C=O) groups excluding carboxylic acids is 2. The lowest BCUT2D eigenvalue weighted by atomic mass is 10.4. The highest BCUT2D eigenvalue weighted by Crippen LogP contribution is 2.30. The van der Waals surface area contributed by atoms with Crippen molar-refractivity contribution >= 4 is 81.4 Å². The van der Waals surface area contributed by atoms with Crippen molar-refractivity contribution < 1.29 is 9.59 Å². The second-order valence-electron chi connectivity index (χ2n) is 4.63. The third kappa shape index (κ3) is 9.67. The summed E-state index contributed by atoms with van der Waals surface area (Å²) in [4.78, 5) is 23.2. The largest absolute Gasteiger partial charge is 0.289 e. The Hall–Kier alpha value is 0.600. The zero-order chi connectivity index (χ0) is 17.0. The number of nitrogens with one attached hydrogen (secondary N) is 2. The van der Waals surface area contributed by atoms with E-state index in [1.54, 1.807) is 10.0 Å². The summed E-state index contributed by atoms with van der Waals surface area (Å²) in [5, 5.41) is 3.35. The molecule has 1 rings (SSSR count). The Morgan fingerprint density at radius 2 is 1.00 bits per heavy atom. The molecule has 1 fully saturated rings. The molecule has 0 aromatic carbocycles. The van der Waals surface area contributed by atoms with E-state index < -0.39 is 19.4 Å². The summed E-state index contributed by atoms with van der Waals surface area (Å²) in [6.07, 6.45) is -0.476. The van der Waals surface area contributed by atoms with Crippen LogP contribution < -0.4 is 10.9 Å². The molecule has 0 spiro atoms. The number of alkyl halides is 6. The van der Waals surface area contributed by atoms with Crippen LogP contribution in [0.25, 0.3) is 0 Å². The minimum Gasteiger partial charge on any atom is -0.289 e. The van der Waals surface area contributed by atoms with Crippen molar-refractivity contribution in [1.82, 2.24) is 20.9 Å². The fourth-order valence-corrected chi connectivity index (χ4v) is 2.45. The van der Waals surface area contributed by atoms with E-state index in [9.17, 15) is 9.59 Å². The summed E-state index contributed by atoms with van der Waals surface area (Å²) >= 11 is 33.3. The van der Waals surface area contributed by atoms with Gasteiger partial charge in [0.25, 0.3) is 0 Å². The van der Waals surface area contributed by atoms with Crippen molar-refractivity contribution in [2.45, 2.75) is 20.4 Å². The molecule has 128 valence electrons. The predicted molar refractivity (Wildman–Crippen MR) is 89.2 cm³/mol. The minimum atomic E-state index is -1.63. The standard InChI is InChI=1S/C10H14Cl6N4O2/c11-9(12,13)5-7(21)17-19-1-2-20(4-3-19)18-8(22)6-10(14,15)16/h1-6H2,(H,17,21)(H,18,22). The number of carbonyl (C=O) groups is 2. The van der Waals surface area contributed by atoms with Gasteiger partial charge in [0.1, 0.15) is 0 Å². The monoisotopic (exact) mass is 432 g/mol. The molecule has 1 aliphatic heterocycles. The Labute approximate surface area is 158 Å². The average molecular weight is 435 g/mol. The number of hydrogen-bond donors (Lipinski definition) is 2. The maximum absolute atomic E-state index is 11.6. The van der Waals surface area contributed by atoms with E-state index in [0.29, 0.717) is 26.2 Å². The average Bonchev–Trinajstić information content (AvgIpc) is 2.26. The predicted octanol–water partition coefficient (Wildman–Crippen LogP) is 2.19. The lowest BCUT2D eigenvalue weighted by molar-refractivity contribution is -0.130. The maximum atomic E-state index is 11.6. The van der Waals surface area contributed by atoms with E-state index >= 15 is 0 Å². The Kier molecular flexibility index (Phi) is 8.09. The Balaban J connectivity index is 2.29. The van der Waals surface area contributed by atoms with Gasteiger partial charge < -0.3 is 0 Å². The van der Waals surface area contributed by atoms with Crippen molar-refractivity contribution in [3.05, 3.63) is 0 Å². The first kappa shape index (κ1) is 20.6. The number of hydrazine groups is 2. The lowest BCUT2D eigenvalue weighted by Gasteiger charge is -2.35. The van der Waals surface area contributed by atoms with Crippen molar-refractivity contribution in [2.24, 2.45) is 0 Å². The first-order valence-corrected chi connectivity index (χ1v) is 8.44. The number of halogens is 6. The van der Waals surface area contributed by atoms with Gasteiger partial charge >= 0.3 is 0 Å². The molecule has 2 N–H and O–H groups in total. The highest BCUT2D eigenvalue weighted by Gasteiger charge is 2.28. The second kappa shape index (κ2) is 8.62. The molecular formula is C10H14Cl6N4O2. The van der Waals surface area contributed by atoms with E-state index in [-0.39, 0.29) is 12.8 Å². The van der Waals surface area contributed by atoms with Crippen LogP contribution in [0.5, 0.6) is 0 Å². The Bertz CT molecular complexity index is 365. The smallest absolute Gasteiger partial charge is 0.238 e. The quantitative estimate of drug-likeness (QED) is 0.666. The molecule has 0 atom stereocenters. The molecule has 12 heteroatoms. The van der Waals surface area contributed by atoms with E-state index in [4.69, 9.17) is 69.6 Å². The summed E-state index contributed by atoms with van der Waals surface area (Å²) in [6.45, 7) is 1.94. The van der Waals surface area contributed by atoms with Gasteiger partial charge in [-0.3, -0.25) is 20.4 Å². The summed E-state index contributed by atoms with van der Waals surface area (Å²) < 4.78 is -3.26. The molecule has 0 aromatic rings. The van der Waals surface area contributed by atoms with Crippen molar-refractivity contribution in [1.29, 1.82) is 0 Å². The number of hydrogen-bond acceptors (Lipinski definition) is 4. The molecule has 0 aromatic heterocycles. The molecule has 1 saturated heterocycles. The Morgan fingerprint density at radius 3 is 1.23 bits per heavy atom. The van der Waals surface area contributed by atoms with Crippen LogP contribution >= 0.6 is 69.6 Å². The molecule has 1 aliphatic rings. The van der Waals surface area contributed by atoms with Crippen LogP contribution in [0.2, 0.25) is 0 Å². The Morgan fingerprint density at radius 1 is 0.727 bits per heavy atom. The molecule has 0 aliphatic carbocycles. The maximum Gasteiger partial charge on any atom is 0.238 e. The van der Waals surface area contributed by atoms with Crippen LogP contribution in [0.4, 0.5) is 0 Å². The first-order valence-electron chi connectivity index (χ1n) is 6.17. The number of piperazine rings is 1. The molecule has 0 saturated carbocycles. The van der Waals surface area contributed by atoms with E-state index in [1.807, 2.05) is 0 Å². The zero-order valence-electron chi connectivity index (χ0n) is 11.2.